The van der Waals surface area contributed by atoms with E-state index >= 15 is 0 Å². The van der Waals surface area contributed by atoms with Crippen LogP contribution in [0.25, 0.3) is 26.5 Å². The summed E-state index contributed by atoms with van der Waals surface area (Å²) in [6.45, 7) is 1.48. The van der Waals surface area contributed by atoms with Gasteiger partial charge in [0, 0.05) is 11.9 Å². The van der Waals surface area contributed by atoms with Gasteiger partial charge in [-0.25, -0.2) is 9.67 Å². The van der Waals surface area contributed by atoms with Crippen molar-refractivity contribution in [2.24, 2.45) is 0 Å². The minimum absolute atomic E-state index is 0.159. The molecule has 124 valence electrons. The summed E-state index contributed by atoms with van der Waals surface area (Å²) in [5.41, 5.74) is 8.84. The van der Waals surface area contributed by atoms with E-state index in [1.165, 1.54) is 18.3 Å². The van der Waals surface area contributed by atoms with Crippen LogP contribution in [0.3, 0.4) is 0 Å². The van der Waals surface area contributed by atoms with Crippen LogP contribution in [-0.2, 0) is 0 Å². The van der Waals surface area contributed by atoms with Crippen LogP contribution in [0.1, 0.15) is 17.4 Å². The molecule has 0 spiro atoms. The van der Waals surface area contributed by atoms with Crippen LogP contribution in [0.15, 0.2) is 48.5 Å². The van der Waals surface area contributed by atoms with Gasteiger partial charge in [-0.1, -0.05) is 23.7 Å². The number of para-hydroxylation sites is 1. The number of halogens is 1. The molecule has 25 heavy (non-hydrogen) atoms. The number of benzene rings is 2. The minimum Gasteiger partial charge on any atom is -0.383 e. The van der Waals surface area contributed by atoms with Crippen molar-refractivity contribution in [1.29, 1.82) is 0 Å². The van der Waals surface area contributed by atoms with E-state index < -0.39 is 0 Å². The largest absolute Gasteiger partial charge is 0.383 e. The summed E-state index contributed by atoms with van der Waals surface area (Å²) in [7, 11) is 0. The van der Waals surface area contributed by atoms with Crippen LogP contribution in [-0.4, -0.2) is 20.5 Å². The van der Waals surface area contributed by atoms with Crippen LogP contribution in [0.4, 0.5) is 5.82 Å². The predicted molar refractivity (Wildman–Crippen MR) is 102 cm³/mol. The molecule has 0 aliphatic heterocycles. The number of nitrogen functional groups attached to an aromatic ring is 1. The summed E-state index contributed by atoms with van der Waals surface area (Å²) in [5, 5.41) is 5.72. The maximum atomic E-state index is 12.1. The molecule has 2 heterocycles. The molecule has 0 saturated heterocycles. The maximum absolute atomic E-state index is 12.1. The quantitative estimate of drug-likeness (QED) is 0.537. The molecule has 4 rings (SSSR count). The van der Waals surface area contributed by atoms with Gasteiger partial charge in [0.2, 0.25) is 0 Å². The van der Waals surface area contributed by atoms with Crippen molar-refractivity contribution in [2.75, 3.05) is 5.73 Å². The molecule has 0 radical (unpaired) electrons. The first-order valence-corrected chi connectivity index (χ1v) is 8.75. The number of anilines is 1. The van der Waals surface area contributed by atoms with Gasteiger partial charge in [-0.3, -0.25) is 4.79 Å². The number of carbonyl (C=O) groups excluding carboxylic acids is 1. The molecule has 0 bridgehead atoms. The van der Waals surface area contributed by atoms with Gasteiger partial charge in [-0.15, -0.1) is 11.3 Å². The van der Waals surface area contributed by atoms with Gasteiger partial charge in [0.05, 0.1) is 21.5 Å². The van der Waals surface area contributed by atoms with E-state index in [1.807, 2.05) is 24.3 Å². The van der Waals surface area contributed by atoms with Crippen molar-refractivity contribution in [3.8, 4) is 16.3 Å². The zero-order chi connectivity index (χ0) is 17.6. The molecule has 7 heteroatoms. The van der Waals surface area contributed by atoms with E-state index in [1.54, 1.807) is 28.9 Å². The third-order valence-electron chi connectivity index (χ3n) is 3.83. The number of Topliss-reactive ketones (excluding diaryl/α,β-unsaturated/α-hetero) is 1. The smallest absolute Gasteiger partial charge is 0.180 e. The van der Waals surface area contributed by atoms with E-state index in [2.05, 4.69) is 10.1 Å². The number of fused-ring (bicyclic) bond motifs is 1. The first-order valence-electron chi connectivity index (χ1n) is 7.56. The Morgan fingerprint density at radius 2 is 1.88 bits per heavy atom. The topological polar surface area (TPSA) is 73.8 Å². The number of rotatable bonds is 3. The SMILES string of the molecule is CC(=O)c1nn(-c2ccc(Cl)cc2)c(N)c1-c1nc2ccccc2s1. The van der Waals surface area contributed by atoms with Gasteiger partial charge >= 0.3 is 0 Å². The fourth-order valence-electron chi connectivity index (χ4n) is 2.65. The molecule has 0 unspecified atom stereocenters. The lowest BCUT2D eigenvalue weighted by atomic mass is 10.2. The van der Waals surface area contributed by atoms with Crippen LogP contribution >= 0.6 is 22.9 Å². The zero-order valence-electron chi connectivity index (χ0n) is 13.2. The van der Waals surface area contributed by atoms with Crippen molar-refractivity contribution >= 4 is 44.8 Å². The Kier molecular flexibility index (Phi) is 3.78. The highest BCUT2D eigenvalue weighted by atomic mass is 35.5. The number of thiazole rings is 1. The Morgan fingerprint density at radius 3 is 2.56 bits per heavy atom. The molecule has 2 aromatic carbocycles. The van der Waals surface area contributed by atoms with Crippen molar-refractivity contribution in [2.45, 2.75) is 6.92 Å². The fraction of sp³-hybridized carbons (Fsp3) is 0.0556. The lowest BCUT2D eigenvalue weighted by Crippen LogP contribution is -2.02. The summed E-state index contributed by atoms with van der Waals surface area (Å²) < 4.78 is 2.58. The number of nitrogens with two attached hydrogens (primary N) is 1. The summed E-state index contributed by atoms with van der Waals surface area (Å²) in [6, 6.07) is 14.9. The van der Waals surface area contributed by atoms with Crippen molar-refractivity contribution in [1.82, 2.24) is 14.8 Å². The van der Waals surface area contributed by atoms with E-state index in [0.717, 1.165) is 15.9 Å². The van der Waals surface area contributed by atoms with Gasteiger partial charge in [0.15, 0.2) is 5.78 Å². The Morgan fingerprint density at radius 1 is 1.16 bits per heavy atom. The molecule has 0 atom stereocenters. The highest BCUT2D eigenvalue weighted by Crippen LogP contribution is 2.37. The monoisotopic (exact) mass is 368 g/mol. The normalized spacial score (nSPS) is 11.1. The summed E-state index contributed by atoms with van der Waals surface area (Å²) in [6.07, 6.45) is 0. The molecule has 4 aromatic rings. The first-order chi connectivity index (χ1) is 12.0. The Hall–Kier alpha value is -2.70. The van der Waals surface area contributed by atoms with Gasteiger partial charge in [0.25, 0.3) is 0 Å². The Labute approximate surface area is 152 Å². The van der Waals surface area contributed by atoms with Crippen molar-refractivity contribution < 1.29 is 4.79 Å². The van der Waals surface area contributed by atoms with Gasteiger partial charge in [-0.2, -0.15) is 5.10 Å². The average molecular weight is 369 g/mol. The second kappa shape index (κ2) is 5.98. The average Bonchev–Trinajstić information content (AvgIpc) is 3.16. The van der Waals surface area contributed by atoms with Gasteiger partial charge in [-0.05, 0) is 36.4 Å². The van der Waals surface area contributed by atoms with E-state index in [9.17, 15) is 4.79 Å². The van der Waals surface area contributed by atoms with Gasteiger partial charge in [0.1, 0.15) is 16.5 Å². The second-order valence-electron chi connectivity index (χ2n) is 5.54. The molecule has 0 saturated carbocycles. The molecule has 5 nitrogen and oxygen atoms in total. The fourth-order valence-corrected chi connectivity index (χ4v) is 3.79. The second-order valence-corrected chi connectivity index (χ2v) is 7.01. The lowest BCUT2D eigenvalue weighted by molar-refractivity contribution is 0.101. The number of aromatic nitrogens is 3. The predicted octanol–water partition coefficient (Wildman–Crippen LogP) is 4.59. The van der Waals surface area contributed by atoms with Crippen molar-refractivity contribution in [3.05, 3.63) is 59.2 Å². The molecular weight excluding hydrogens is 356 g/mol. The van der Waals surface area contributed by atoms with Crippen LogP contribution in [0.5, 0.6) is 0 Å². The summed E-state index contributed by atoms with van der Waals surface area (Å²) in [4.78, 5) is 16.7. The number of hydrogen-bond donors (Lipinski definition) is 1. The molecule has 0 amide bonds. The molecular formula is C18H13ClN4OS. The molecule has 2 aromatic heterocycles. The van der Waals surface area contributed by atoms with E-state index in [4.69, 9.17) is 17.3 Å². The van der Waals surface area contributed by atoms with Crippen LogP contribution < -0.4 is 5.73 Å². The number of carbonyl (C=O) groups is 1. The molecule has 0 fully saturated rings. The first kappa shape index (κ1) is 15.8. The highest BCUT2D eigenvalue weighted by molar-refractivity contribution is 7.21. The maximum Gasteiger partial charge on any atom is 0.180 e. The van der Waals surface area contributed by atoms with Crippen LogP contribution in [0.2, 0.25) is 5.02 Å². The Bertz CT molecular complexity index is 1070. The number of ketones is 1. The van der Waals surface area contributed by atoms with Crippen LogP contribution in [0, 0.1) is 0 Å². The number of nitrogens with zero attached hydrogens (tertiary/aromatic N) is 3. The zero-order valence-corrected chi connectivity index (χ0v) is 14.8. The molecule has 0 aliphatic rings. The standard InChI is InChI=1S/C18H13ClN4OS/c1-10(24)16-15(18-21-13-4-2-3-5-14(13)25-18)17(20)23(22-16)12-8-6-11(19)7-9-12/h2-9H,20H2,1H3. The molecule has 0 aliphatic carbocycles. The highest BCUT2D eigenvalue weighted by Gasteiger charge is 2.23. The molecule has 2 N–H and O–H groups in total. The van der Waals surface area contributed by atoms with E-state index in [-0.39, 0.29) is 5.78 Å². The van der Waals surface area contributed by atoms with E-state index in [0.29, 0.717) is 27.1 Å². The lowest BCUT2D eigenvalue weighted by Gasteiger charge is -2.04. The van der Waals surface area contributed by atoms with Gasteiger partial charge < -0.3 is 5.73 Å². The Balaban J connectivity index is 1.94. The third kappa shape index (κ3) is 2.69. The summed E-state index contributed by atoms with van der Waals surface area (Å²) in [5.74, 6) is 0.222. The minimum atomic E-state index is -0.159. The summed E-state index contributed by atoms with van der Waals surface area (Å²) >= 11 is 7.43. The number of hydrogen-bond acceptors (Lipinski definition) is 5. The van der Waals surface area contributed by atoms with Crippen molar-refractivity contribution in [3.63, 3.8) is 0 Å². The third-order valence-corrected chi connectivity index (χ3v) is 5.14.